The zero-order valence-corrected chi connectivity index (χ0v) is 7.93. The van der Waals surface area contributed by atoms with Gasteiger partial charge in [-0.2, -0.15) is 5.10 Å². The van der Waals surface area contributed by atoms with Crippen molar-refractivity contribution < 1.29 is 0 Å². The lowest BCUT2D eigenvalue weighted by Gasteiger charge is -2.15. The number of nitrogens with zero attached hydrogens (tertiary/aromatic N) is 1. The van der Waals surface area contributed by atoms with Crippen LogP contribution in [-0.2, 0) is 5.41 Å². The number of hydrogen-bond donors (Lipinski definition) is 1. The van der Waals surface area contributed by atoms with E-state index in [1.54, 1.807) is 6.07 Å². The van der Waals surface area contributed by atoms with Gasteiger partial charge in [-0.15, -0.1) is 0 Å². The minimum Gasteiger partial charge on any atom is -0.288 e. The maximum atomic E-state index is 11.4. The van der Waals surface area contributed by atoms with Crippen molar-refractivity contribution in [2.24, 2.45) is 0 Å². The summed E-state index contributed by atoms with van der Waals surface area (Å²) in [5.41, 5.74) is 1.22. The highest BCUT2D eigenvalue weighted by molar-refractivity contribution is 5.13. The number of aryl methyl sites for hydroxylation is 1. The first-order chi connectivity index (χ1) is 5.41. The van der Waals surface area contributed by atoms with Gasteiger partial charge in [0.2, 0.25) is 5.43 Å². The van der Waals surface area contributed by atoms with Gasteiger partial charge in [-0.05, 0) is 6.92 Å². The average molecular weight is 166 g/mol. The van der Waals surface area contributed by atoms with E-state index in [1.807, 2.05) is 27.7 Å². The van der Waals surface area contributed by atoms with E-state index in [-0.39, 0.29) is 10.8 Å². The molecule has 1 N–H and O–H groups in total. The summed E-state index contributed by atoms with van der Waals surface area (Å²) in [4.78, 5) is 11.4. The van der Waals surface area contributed by atoms with Crippen LogP contribution in [0.5, 0.6) is 0 Å². The summed E-state index contributed by atoms with van der Waals surface area (Å²) >= 11 is 0. The van der Waals surface area contributed by atoms with Gasteiger partial charge in [-0.1, -0.05) is 20.8 Å². The second-order valence-electron chi connectivity index (χ2n) is 4.01. The summed E-state index contributed by atoms with van der Waals surface area (Å²) in [6, 6.07) is 1.58. The lowest BCUT2D eigenvalue weighted by Crippen LogP contribution is -2.25. The Hall–Kier alpha value is -1.12. The van der Waals surface area contributed by atoms with Crippen LogP contribution in [0.4, 0.5) is 0 Å². The molecular weight excluding hydrogens is 152 g/mol. The van der Waals surface area contributed by atoms with Crippen LogP contribution in [0.15, 0.2) is 10.9 Å². The van der Waals surface area contributed by atoms with E-state index in [9.17, 15) is 4.79 Å². The van der Waals surface area contributed by atoms with Crippen molar-refractivity contribution in [2.45, 2.75) is 33.1 Å². The Morgan fingerprint density at radius 2 is 2.00 bits per heavy atom. The average Bonchev–Trinajstić information content (AvgIpc) is 1.83. The Labute approximate surface area is 71.8 Å². The van der Waals surface area contributed by atoms with Crippen molar-refractivity contribution >= 4 is 0 Å². The van der Waals surface area contributed by atoms with Crippen molar-refractivity contribution in [1.29, 1.82) is 0 Å². The van der Waals surface area contributed by atoms with Gasteiger partial charge in [-0.25, -0.2) is 0 Å². The van der Waals surface area contributed by atoms with Gasteiger partial charge in [-0.3, -0.25) is 9.89 Å². The van der Waals surface area contributed by atoms with Crippen molar-refractivity contribution in [2.75, 3.05) is 0 Å². The maximum Gasteiger partial charge on any atom is 0.204 e. The quantitative estimate of drug-likeness (QED) is 0.632. The molecule has 0 aliphatic rings. The van der Waals surface area contributed by atoms with Gasteiger partial charge in [0.05, 0.1) is 0 Å². The van der Waals surface area contributed by atoms with Crippen molar-refractivity contribution in [3.8, 4) is 0 Å². The van der Waals surface area contributed by atoms with Gasteiger partial charge in [0.1, 0.15) is 5.69 Å². The van der Waals surface area contributed by atoms with Crippen LogP contribution in [0.3, 0.4) is 0 Å². The minimum atomic E-state index is -0.179. The molecule has 0 aromatic carbocycles. The normalized spacial score (nSPS) is 11.7. The second-order valence-corrected chi connectivity index (χ2v) is 4.01. The minimum absolute atomic E-state index is 0.0127. The SMILES string of the molecule is Cc1cc(=O)c(C(C)(C)C)n[nH]1. The fraction of sp³-hybridized carbons (Fsp3) is 0.556. The number of hydrogen-bond acceptors (Lipinski definition) is 2. The van der Waals surface area contributed by atoms with Gasteiger partial charge >= 0.3 is 0 Å². The fourth-order valence-electron chi connectivity index (χ4n) is 1.03. The molecule has 0 unspecified atom stereocenters. The molecule has 0 radical (unpaired) electrons. The van der Waals surface area contributed by atoms with Gasteiger partial charge in [0, 0.05) is 17.2 Å². The first-order valence-corrected chi connectivity index (χ1v) is 3.98. The number of nitrogens with one attached hydrogen (secondary N) is 1. The molecule has 0 atom stereocenters. The number of aromatic nitrogens is 2. The Morgan fingerprint density at radius 1 is 1.42 bits per heavy atom. The van der Waals surface area contributed by atoms with Crippen molar-refractivity contribution in [3.05, 3.63) is 27.7 Å². The van der Waals surface area contributed by atoms with E-state index in [0.29, 0.717) is 5.69 Å². The van der Waals surface area contributed by atoms with Gasteiger partial charge in [0.15, 0.2) is 0 Å². The summed E-state index contributed by atoms with van der Waals surface area (Å²) in [5, 5.41) is 6.81. The monoisotopic (exact) mass is 166 g/mol. The molecule has 1 aromatic heterocycles. The van der Waals surface area contributed by atoms with E-state index >= 15 is 0 Å². The standard InChI is InChI=1S/C9H14N2O/c1-6-5-7(12)8(11-10-6)9(2,3)4/h5H,1-4H3,(H,10,12). The molecule has 0 saturated carbocycles. The van der Waals surface area contributed by atoms with E-state index in [4.69, 9.17) is 0 Å². The molecule has 12 heavy (non-hydrogen) atoms. The third-order valence-electron chi connectivity index (χ3n) is 1.64. The smallest absolute Gasteiger partial charge is 0.204 e. The van der Waals surface area contributed by atoms with E-state index in [1.165, 1.54) is 0 Å². The Kier molecular flexibility index (Phi) is 2.04. The fourth-order valence-corrected chi connectivity index (χ4v) is 1.03. The lowest BCUT2D eigenvalue weighted by molar-refractivity contribution is 0.551. The third kappa shape index (κ3) is 1.72. The molecule has 0 saturated heterocycles. The summed E-state index contributed by atoms with van der Waals surface area (Å²) < 4.78 is 0. The van der Waals surface area contributed by atoms with Gasteiger partial charge in [0.25, 0.3) is 0 Å². The van der Waals surface area contributed by atoms with Crippen molar-refractivity contribution in [3.63, 3.8) is 0 Å². The molecule has 1 aromatic rings. The first-order valence-electron chi connectivity index (χ1n) is 3.98. The molecule has 1 rings (SSSR count). The number of aromatic amines is 1. The highest BCUT2D eigenvalue weighted by Gasteiger charge is 2.18. The molecule has 66 valence electrons. The zero-order valence-electron chi connectivity index (χ0n) is 7.93. The molecule has 1 heterocycles. The van der Waals surface area contributed by atoms with E-state index < -0.39 is 0 Å². The first kappa shape index (κ1) is 8.97. The van der Waals surface area contributed by atoms with Crippen LogP contribution in [-0.4, -0.2) is 10.2 Å². The third-order valence-corrected chi connectivity index (χ3v) is 1.64. The predicted molar refractivity (Wildman–Crippen MR) is 48.3 cm³/mol. The molecular formula is C9H14N2O. The largest absolute Gasteiger partial charge is 0.288 e. The van der Waals surface area contributed by atoms with Crippen LogP contribution in [0.1, 0.15) is 32.2 Å². The Bertz CT molecular complexity index is 333. The van der Waals surface area contributed by atoms with Crippen LogP contribution in [0.25, 0.3) is 0 Å². The Balaban J connectivity index is 3.29. The molecule has 3 nitrogen and oxygen atoms in total. The molecule has 0 fully saturated rings. The maximum absolute atomic E-state index is 11.4. The summed E-state index contributed by atoms with van der Waals surface area (Å²) in [7, 11) is 0. The molecule has 0 bridgehead atoms. The lowest BCUT2D eigenvalue weighted by atomic mass is 9.92. The zero-order chi connectivity index (χ0) is 9.35. The molecule has 0 aliphatic carbocycles. The topological polar surface area (TPSA) is 45.8 Å². The number of rotatable bonds is 0. The van der Waals surface area contributed by atoms with Crippen LogP contribution < -0.4 is 5.43 Å². The van der Waals surface area contributed by atoms with Gasteiger partial charge < -0.3 is 0 Å². The predicted octanol–water partition coefficient (Wildman–Crippen LogP) is 1.38. The highest BCUT2D eigenvalue weighted by atomic mass is 16.1. The summed E-state index contributed by atoms with van der Waals surface area (Å²) in [5.74, 6) is 0. The number of H-pyrrole nitrogens is 1. The van der Waals surface area contributed by atoms with Crippen molar-refractivity contribution in [1.82, 2.24) is 10.2 Å². The molecule has 3 heteroatoms. The molecule has 0 spiro atoms. The van der Waals surface area contributed by atoms with E-state index in [2.05, 4.69) is 10.2 Å². The Morgan fingerprint density at radius 3 is 2.42 bits per heavy atom. The summed E-state index contributed by atoms with van der Waals surface area (Å²) in [6.07, 6.45) is 0. The van der Waals surface area contributed by atoms with Crippen LogP contribution in [0.2, 0.25) is 0 Å². The highest BCUT2D eigenvalue weighted by Crippen LogP contribution is 2.15. The van der Waals surface area contributed by atoms with Crippen LogP contribution in [0, 0.1) is 6.92 Å². The van der Waals surface area contributed by atoms with E-state index in [0.717, 1.165) is 5.69 Å². The second kappa shape index (κ2) is 2.73. The van der Waals surface area contributed by atoms with Crippen LogP contribution >= 0.6 is 0 Å². The summed E-state index contributed by atoms with van der Waals surface area (Å²) in [6.45, 7) is 7.74. The molecule has 0 amide bonds. The molecule has 0 aliphatic heterocycles.